The van der Waals surface area contributed by atoms with Gasteiger partial charge in [0.1, 0.15) is 24.7 Å². The Balaban J connectivity index is 1.28. The van der Waals surface area contributed by atoms with E-state index >= 15 is 0 Å². The summed E-state index contributed by atoms with van der Waals surface area (Å²) in [5, 5.41) is 13.8. The first kappa shape index (κ1) is 24.7. The van der Waals surface area contributed by atoms with Crippen molar-refractivity contribution < 1.29 is 32.9 Å². The highest BCUT2D eigenvalue weighted by Gasteiger charge is 2.17. The number of aromatic nitrogens is 3. The van der Waals surface area contributed by atoms with Gasteiger partial charge in [-0.3, -0.25) is 4.79 Å². The van der Waals surface area contributed by atoms with E-state index in [1.54, 1.807) is 48.5 Å². The molecule has 5 aromatic rings. The Hall–Kier alpha value is -4.99. The first-order chi connectivity index (χ1) is 18.5. The molecule has 0 saturated carbocycles. The molecule has 0 aliphatic heterocycles. The van der Waals surface area contributed by atoms with E-state index in [0.717, 1.165) is 11.3 Å². The molecule has 10 nitrogen and oxygen atoms in total. The van der Waals surface area contributed by atoms with Crippen LogP contribution >= 0.6 is 0 Å². The lowest BCUT2D eigenvalue weighted by atomic mass is 10.2. The number of carboxylic acids is 1. The van der Waals surface area contributed by atoms with Crippen LogP contribution in [0.5, 0.6) is 17.4 Å². The zero-order valence-electron chi connectivity index (χ0n) is 20.8. The molecule has 1 N–H and O–H groups in total. The third-order valence-corrected chi connectivity index (χ3v) is 5.71. The Morgan fingerprint density at radius 3 is 2.61 bits per heavy atom. The number of aryl methyl sites for hydroxylation is 1. The number of aliphatic carboxylic acids is 1. The average Bonchev–Trinajstić information content (AvgIpc) is 3.67. The lowest BCUT2D eigenvalue weighted by Gasteiger charge is -2.12. The second-order valence-corrected chi connectivity index (χ2v) is 8.37. The predicted molar refractivity (Wildman–Crippen MR) is 136 cm³/mol. The second-order valence-electron chi connectivity index (χ2n) is 8.37. The molecule has 0 atom stereocenters. The smallest absolute Gasteiger partial charge is 0.308 e. The number of furan rings is 1. The van der Waals surface area contributed by atoms with Crippen LogP contribution in [0, 0.1) is 6.92 Å². The number of para-hydroxylation sites is 1. The van der Waals surface area contributed by atoms with Gasteiger partial charge in [-0.05, 0) is 48.9 Å². The minimum absolute atomic E-state index is 0.157. The first-order valence-electron chi connectivity index (χ1n) is 11.8. The van der Waals surface area contributed by atoms with Crippen molar-refractivity contribution >= 4 is 5.97 Å². The van der Waals surface area contributed by atoms with Crippen LogP contribution in [0.15, 0.2) is 82.0 Å². The van der Waals surface area contributed by atoms with Crippen molar-refractivity contribution in [3.8, 4) is 34.7 Å². The van der Waals surface area contributed by atoms with Gasteiger partial charge in [0.25, 0.3) is 5.89 Å². The summed E-state index contributed by atoms with van der Waals surface area (Å²) in [5.74, 6) is 1.89. The monoisotopic (exact) mass is 515 g/mol. The summed E-state index contributed by atoms with van der Waals surface area (Å²) in [6.45, 7) is 2.15. The fourth-order valence-electron chi connectivity index (χ4n) is 3.80. The number of oxazole rings is 1. The molecule has 0 fully saturated rings. The molecule has 3 aromatic heterocycles. The molecule has 0 amide bonds. The van der Waals surface area contributed by atoms with Crippen LogP contribution in [-0.4, -0.2) is 33.0 Å². The van der Waals surface area contributed by atoms with Gasteiger partial charge in [0, 0.05) is 11.8 Å². The van der Waals surface area contributed by atoms with Gasteiger partial charge in [-0.1, -0.05) is 24.3 Å². The highest BCUT2D eigenvalue weighted by Crippen LogP contribution is 2.31. The van der Waals surface area contributed by atoms with Crippen LogP contribution in [-0.2, 0) is 24.4 Å². The minimum Gasteiger partial charge on any atom is -0.493 e. The van der Waals surface area contributed by atoms with Gasteiger partial charge in [0.2, 0.25) is 5.88 Å². The molecule has 3 heterocycles. The van der Waals surface area contributed by atoms with Gasteiger partial charge in [-0.15, -0.1) is 5.10 Å². The van der Waals surface area contributed by atoms with E-state index in [4.69, 9.17) is 23.0 Å². The van der Waals surface area contributed by atoms with Crippen LogP contribution in [0.3, 0.4) is 0 Å². The molecule has 2 aromatic carbocycles. The van der Waals surface area contributed by atoms with Crippen molar-refractivity contribution in [1.29, 1.82) is 0 Å². The number of nitrogens with zero attached hydrogens (tertiary/aromatic N) is 3. The quantitative estimate of drug-likeness (QED) is 0.252. The minimum atomic E-state index is -0.968. The molecule has 0 bridgehead atoms. The summed E-state index contributed by atoms with van der Waals surface area (Å²) in [4.78, 5) is 15.8. The van der Waals surface area contributed by atoms with Gasteiger partial charge >= 0.3 is 5.97 Å². The van der Waals surface area contributed by atoms with Crippen LogP contribution in [0.2, 0.25) is 0 Å². The largest absolute Gasteiger partial charge is 0.493 e. The van der Waals surface area contributed by atoms with Crippen LogP contribution < -0.4 is 14.2 Å². The lowest BCUT2D eigenvalue weighted by molar-refractivity contribution is -0.136. The summed E-state index contributed by atoms with van der Waals surface area (Å²) >= 11 is 0. The molecule has 0 unspecified atom stereocenters. The Morgan fingerprint density at radius 1 is 1.03 bits per heavy atom. The molecule has 0 aliphatic rings. The topological polar surface area (TPSA) is 122 Å². The summed E-state index contributed by atoms with van der Waals surface area (Å²) in [6, 6.07) is 18.4. The average molecular weight is 516 g/mol. The molecule has 0 spiro atoms. The van der Waals surface area contributed by atoms with E-state index in [9.17, 15) is 9.90 Å². The highest BCUT2D eigenvalue weighted by molar-refractivity contribution is 5.71. The number of ether oxygens (including phenoxy) is 3. The van der Waals surface area contributed by atoms with Crippen LogP contribution in [0.1, 0.15) is 22.6 Å². The molecule has 5 rings (SSSR count). The number of carbonyl (C=O) groups is 1. The number of carboxylic acid groups (broad SMARTS) is 1. The Kier molecular flexibility index (Phi) is 7.12. The van der Waals surface area contributed by atoms with Gasteiger partial charge in [0.15, 0.2) is 17.3 Å². The summed E-state index contributed by atoms with van der Waals surface area (Å²) in [5.41, 5.74) is 2.72. The molecular formula is C28H25N3O7. The highest BCUT2D eigenvalue weighted by atomic mass is 16.5. The molecule has 38 heavy (non-hydrogen) atoms. The Labute approximate surface area is 218 Å². The maximum atomic E-state index is 11.4. The van der Waals surface area contributed by atoms with Crippen molar-refractivity contribution in [2.45, 2.75) is 26.6 Å². The summed E-state index contributed by atoms with van der Waals surface area (Å²) in [6.07, 6.45) is 3.02. The maximum Gasteiger partial charge on any atom is 0.308 e. The normalized spacial score (nSPS) is 10.9. The third-order valence-electron chi connectivity index (χ3n) is 5.71. The standard InChI is InChI=1S/C28H25N3O7/c1-18-22(29-28(38-18)24-9-6-12-35-24)17-36-23-11-10-19(13-25(23)34-2)16-37-27-20(14-26(32)33)15-31(30-27)21-7-4-3-5-8-21/h3-13,15H,14,16-17H2,1-2H3,(H,32,33). The van der Waals surface area contributed by atoms with Gasteiger partial charge < -0.3 is 28.2 Å². The number of benzene rings is 2. The van der Waals surface area contributed by atoms with Gasteiger partial charge in [0.05, 0.1) is 25.5 Å². The number of hydrogen-bond donors (Lipinski definition) is 1. The Morgan fingerprint density at radius 2 is 1.87 bits per heavy atom. The van der Waals surface area contributed by atoms with Crippen molar-refractivity contribution in [2.75, 3.05) is 7.11 Å². The second kappa shape index (κ2) is 11.0. The van der Waals surface area contributed by atoms with Crippen molar-refractivity contribution in [1.82, 2.24) is 14.8 Å². The van der Waals surface area contributed by atoms with Crippen molar-refractivity contribution in [2.24, 2.45) is 0 Å². The van der Waals surface area contributed by atoms with E-state index in [-0.39, 0.29) is 25.5 Å². The number of hydrogen-bond acceptors (Lipinski definition) is 8. The van der Waals surface area contributed by atoms with Crippen molar-refractivity contribution in [3.63, 3.8) is 0 Å². The van der Waals surface area contributed by atoms with Gasteiger partial charge in [-0.25, -0.2) is 9.67 Å². The zero-order chi connectivity index (χ0) is 26.5. The maximum absolute atomic E-state index is 11.4. The predicted octanol–water partition coefficient (Wildman–Crippen LogP) is 5.22. The number of rotatable bonds is 11. The molecule has 10 heteroatoms. The number of methoxy groups -OCH3 is 1. The summed E-state index contributed by atoms with van der Waals surface area (Å²) in [7, 11) is 1.55. The van der Waals surface area contributed by atoms with Gasteiger partial charge in [-0.2, -0.15) is 0 Å². The fraction of sp³-hybridized carbons (Fsp3) is 0.179. The third kappa shape index (κ3) is 5.54. The van der Waals surface area contributed by atoms with E-state index in [1.165, 1.54) is 0 Å². The SMILES string of the molecule is COc1cc(COc2nn(-c3ccccc3)cc2CC(=O)O)ccc1OCc1nc(-c2ccco2)oc1C. The van der Waals surface area contributed by atoms with Crippen LogP contribution in [0.25, 0.3) is 17.3 Å². The van der Waals surface area contributed by atoms with E-state index in [0.29, 0.717) is 40.2 Å². The van der Waals surface area contributed by atoms with E-state index < -0.39 is 5.97 Å². The molecule has 0 radical (unpaired) electrons. The van der Waals surface area contributed by atoms with Crippen molar-refractivity contribution in [3.05, 3.63) is 95.7 Å². The zero-order valence-corrected chi connectivity index (χ0v) is 20.8. The fourth-order valence-corrected chi connectivity index (χ4v) is 3.80. The first-order valence-corrected chi connectivity index (χ1v) is 11.8. The molecule has 0 aliphatic carbocycles. The molecule has 0 saturated heterocycles. The Bertz CT molecular complexity index is 1520. The van der Waals surface area contributed by atoms with E-state index in [2.05, 4.69) is 10.1 Å². The van der Waals surface area contributed by atoms with E-state index in [1.807, 2.05) is 43.3 Å². The summed E-state index contributed by atoms with van der Waals surface area (Å²) < 4.78 is 30.0. The lowest BCUT2D eigenvalue weighted by Crippen LogP contribution is -2.04. The molecule has 194 valence electrons. The van der Waals surface area contributed by atoms with Crippen LogP contribution in [0.4, 0.5) is 0 Å². The molecular weight excluding hydrogens is 490 g/mol.